The highest BCUT2D eigenvalue weighted by molar-refractivity contribution is 4.90. The van der Waals surface area contributed by atoms with E-state index in [-0.39, 0.29) is 12.2 Å². The lowest BCUT2D eigenvalue weighted by atomic mass is 10.0. The predicted octanol–water partition coefficient (Wildman–Crippen LogP) is 2.83. The third kappa shape index (κ3) is 5.14. The number of hydrogen-bond acceptors (Lipinski definition) is 2. The standard InChI is InChI=1S/C13H22O2/c1-15-13-11-9-7-5-3-2-4-6-8-10-12(13)14/h4-7,12-14H,2-3,8-11H2,1H3/b6-4+,7-5+. The van der Waals surface area contributed by atoms with Crippen LogP contribution in [0.3, 0.4) is 0 Å². The highest BCUT2D eigenvalue weighted by atomic mass is 16.5. The summed E-state index contributed by atoms with van der Waals surface area (Å²) in [6.45, 7) is 0. The lowest BCUT2D eigenvalue weighted by molar-refractivity contribution is -0.0187. The van der Waals surface area contributed by atoms with E-state index in [1.807, 2.05) is 0 Å². The molecule has 0 bridgehead atoms. The van der Waals surface area contributed by atoms with E-state index in [1.54, 1.807) is 7.11 Å². The Kier molecular flexibility index (Phi) is 6.37. The number of rotatable bonds is 1. The number of aliphatic hydroxyl groups is 1. The number of methoxy groups -OCH3 is 1. The lowest BCUT2D eigenvalue weighted by Gasteiger charge is -2.20. The zero-order valence-corrected chi connectivity index (χ0v) is 9.56. The summed E-state index contributed by atoms with van der Waals surface area (Å²) < 4.78 is 5.30. The Morgan fingerprint density at radius 3 is 2.07 bits per heavy atom. The van der Waals surface area contributed by atoms with Crippen molar-refractivity contribution >= 4 is 0 Å². The first kappa shape index (κ1) is 12.5. The fraction of sp³-hybridized carbons (Fsp3) is 0.692. The molecule has 0 fully saturated rings. The molecule has 2 atom stereocenters. The van der Waals surface area contributed by atoms with Gasteiger partial charge in [0.25, 0.3) is 0 Å². The minimum Gasteiger partial charge on any atom is -0.390 e. The van der Waals surface area contributed by atoms with Crippen LogP contribution < -0.4 is 0 Å². The van der Waals surface area contributed by atoms with Crippen molar-refractivity contribution in [3.63, 3.8) is 0 Å². The number of ether oxygens (including phenoxy) is 1. The number of allylic oxidation sites excluding steroid dienone is 4. The molecule has 1 aliphatic carbocycles. The molecule has 0 saturated carbocycles. The molecule has 1 aliphatic rings. The molecule has 1 N–H and O–H groups in total. The number of hydrogen-bond donors (Lipinski definition) is 1. The van der Waals surface area contributed by atoms with Gasteiger partial charge in [-0.15, -0.1) is 0 Å². The van der Waals surface area contributed by atoms with E-state index in [4.69, 9.17) is 4.74 Å². The van der Waals surface area contributed by atoms with E-state index in [9.17, 15) is 5.11 Å². The molecule has 86 valence electrons. The van der Waals surface area contributed by atoms with Gasteiger partial charge in [-0.1, -0.05) is 24.3 Å². The highest BCUT2D eigenvalue weighted by Crippen LogP contribution is 2.13. The third-order valence-corrected chi connectivity index (χ3v) is 2.81. The molecule has 2 unspecified atom stereocenters. The molecule has 0 aromatic rings. The zero-order valence-electron chi connectivity index (χ0n) is 9.56. The van der Waals surface area contributed by atoms with Crippen molar-refractivity contribution in [2.75, 3.05) is 7.11 Å². The van der Waals surface area contributed by atoms with Crippen LogP contribution in [-0.2, 0) is 4.74 Å². The Hall–Kier alpha value is -0.600. The lowest BCUT2D eigenvalue weighted by Crippen LogP contribution is -2.27. The summed E-state index contributed by atoms with van der Waals surface area (Å²) in [6, 6.07) is 0. The first-order valence-corrected chi connectivity index (χ1v) is 5.85. The molecule has 0 aliphatic heterocycles. The van der Waals surface area contributed by atoms with Crippen LogP contribution in [0.1, 0.15) is 38.5 Å². The van der Waals surface area contributed by atoms with Gasteiger partial charge in [0, 0.05) is 7.11 Å². The van der Waals surface area contributed by atoms with Crippen LogP contribution in [0, 0.1) is 0 Å². The fourth-order valence-corrected chi connectivity index (χ4v) is 1.84. The summed E-state index contributed by atoms with van der Waals surface area (Å²) in [5, 5.41) is 9.87. The summed E-state index contributed by atoms with van der Waals surface area (Å²) in [6.07, 6.45) is 14.3. The van der Waals surface area contributed by atoms with Gasteiger partial charge in [0.2, 0.25) is 0 Å². The average molecular weight is 210 g/mol. The third-order valence-electron chi connectivity index (χ3n) is 2.81. The normalized spacial score (nSPS) is 33.7. The molecule has 15 heavy (non-hydrogen) atoms. The van der Waals surface area contributed by atoms with Crippen LogP contribution in [0.2, 0.25) is 0 Å². The van der Waals surface area contributed by atoms with Crippen molar-refractivity contribution in [1.82, 2.24) is 0 Å². The summed E-state index contributed by atoms with van der Waals surface area (Å²) in [5.74, 6) is 0. The second kappa shape index (κ2) is 7.66. The van der Waals surface area contributed by atoms with E-state index in [1.165, 1.54) is 0 Å². The summed E-state index contributed by atoms with van der Waals surface area (Å²) in [7, 11) is 1.68. The van der Waals surface area contributed by atoms with E-state index in [0.29, 0.717) is 0 Å². The topological polar surface area (TPSA) is 29.5 Å². The van der Waals surface area contributed by atoms with Gasteiger partial charge in [-0.05, 0) is 38.5 Å². The molecular weight excluding hydrogens is 188 g/mol. The van der Waals surface area contributed by atoms with Crippen LogP contribution in [-0.4, -0.2) is 24.4 Å². The Labute approximate surface area is 92.6 Å². The molecule has 0 heterocycles. The minimum absolute atomic E-state index is 0.0116. The molecule has 0 spiro atoms. The SMILES string of the molecule is COC1CC/C=C/CC/C=C/CCC1O. The van der Waals surface area contributed by atoms with Crippen LogP contribution in [0.15, 0.2) is 24.3 Å². The van der Waals surface area contributed by atoms with Crippen LogP contribution in [0.4, 0.5) is 0 Å². The quantitative estimate of drug-likeness (QED) is 0.674. The average Bonchev–Trinajstić information content (AvgIpc) is 2.23. The molecule has 0 saturated heterocycles. The summed E-state index contributed by atoms with van der Waals surface area (Å²) in [4.78, 5) is 0. The van der Waals surface area contributed by atoms with Gasteiger partial charge >= 0.3 is 0 Å². The van der Waals surface area contributed by atoms with Crippen molar-refractivity contribution in [3.05, 3.63) is 24.3 Å². The Bertz CT molecular complexity index is 209. The Balaban J connectivity index is 2.46. The van der Waals surface area contributed by atoms with E-state index in [2.05, 4.69) is 24.3 Å². The van der Waals surface area contributed by atoms with Gasteiger partial charge in [0.15, 0.2) is 0 Å². The zero-order chi connectivity index (χ0) is 10.9. The fourth-order valence-electron chi connectivity index (χ4n) is 1.84. The smallest absolute Gasteiger partial charge is 0.0833 e. The molecule has 0 amide bonds. The van der Waals surface area contributed by atoms with Crippen molar-refractivity contribution in [1.29, 1.82) is 0 Å². The maximum absolute atomic E-state index is 9.87. The first-order valence-electron chi connectivity index (χ1n) is 5.85. The maximum atomic E-state index is 9.87. The maximum Gasteiger partial charge on any atom is 0.0833 e. The van der Waals surface area contributed by atoms with Gasteiger partial charge in [-0.2, -0.15) is 0 Å². The first-order chi connectivity index (χ1) is 7.34. The van der Waals surface area contributed by atoms with E-state index < -0.39 is 0 Å². The van der Waals surface area contributed by atoms with Crippen LogP contribution >= 0.6 is 0 Å². The van der Waals surface area contributed by atoms with Crippen molar-refractivity contribution < 1.29 is 9.84 Å². The van der Waals surface area contributed by atoms with Gasteiger partial charge in [0.1, 0.15) is 0 Å². The van der Waals surface area contributed by atoms with Crippen molar-refractivity contribution in [2.24, 2.45) is 0 Å². The summed E-state index contributed by atoms with van der Waals surface area (Å²) in [5.41, 5.74) is 0. The Morgan fingerprint density at radius 2 is 1.47 bits per heavy atom. The molecule has 2 heteroatoms. The second-order valence-electron chi connectivity index (χ2n) is 4.02. The number of aliphatic hydroxyl groups excluding tert-OH is 1. The van der Waals surface area contributed by atoms with Gasteiger partial charge < -0.3 is 9.84 Å². The molecule has 0 aromatic heterocycles. The van der Waals surface area contributed by atoms with E-state index >= 15 is 0 Å². The minimum atomic E-state index is -0.326. The van der Waals surface area contributed by atoms with Crippen molar-refractivity contribution in [2.45, 2.75) is 50.7 Å². The summed E-state index contributed by atoms with van der Waals surface area (Å²) >= 11 is 0. The molecule has 0 radical (unpaired) electrons. The van der Waals surface area contributed by atoms with Gasteiger partial charge in [-0.3, -0.25) is 0 Å². The molecule has 0 aromatic carbocycles. The highest BCUT2D eigenvalue weighted by Gasteiger charge is 2.16. The largest absolute Gasteiger partial charge is 0.390 e. The van der Waals surface area contributed by atoms with Crippen LogP contribution in [0.5, 0.6) is 0 Å². The second-order valence-corrected chi connectivity index (χ2v) is 4.02. The van der Waals surface area contributed by atoms with Crippen LogP contribution in [0.25, 0.3) is 0 Å². The molecular formula is C13H22O2. The van der Waals surface area contributed by atoms with Gasteiger partial charge in [-0.25, -0.2) is 0 Å². The molecule has 2 nitrogen and oxygen atoms in total. The van der Waals surface area contributed by atoms with Crippen molar-refractivity contribution in [3.8, 4) is 0 Å². The molecule has 1 rings (SSSR count). The van der Waals surface area contributed by atoms with Gasteiger partial charge in [0.05, 0.1) is 12.2 Å². The Morgan fingerprint density at radius 1 is 0.933 bits per heavy atom. The van der Waals surface area contributed by atoms with E-state index in [0.717, 1.165) is 38.5 Å². The monoisotopic (exact) mass is 210 g/mol. The predicted molar refractivity (Wildman–Crippen MR) is 62.8 cm³/mol.